The van der Waals surface area contributed by atoms with Gasteiger partial charge < -0.3 is 19.5 Å². The summed E-state index contributed by atoms with van der Waals surface area (Å²) in [6.45, 7) is 5.95. The van der Waals surface area contributed by atoms with E-state index in [1.165, 1.54) is 0 Å². The Kier molecular flexibility index (Phi) is 4.06. The molecule has 4 rings (SSSR count). The monoisotopic (exact) mass is 340 g/mol. The lowest BCUT2D eigenvalue weighted by Gasteiger charge is -2.47. The number of hydrogen-bond donors (Lipinski definition) is 1. The number of fused-ring (bicyclic) bond motifs is 3. The van der Waals surface area contributed by atoms with Crippen LogP contribution in [0.5, 0.6) is 17.2 Å². The first kappa shape index (κ1) is 16.2. The van der Waals surface area contributed by atoms with Gasteiger partial charge in [-0.25, -0.2) is 0 Å². The van der Waals surface area contributed by atoms with Gasteiger partial charge in [0.1, 0.15) is 17.2 Å². The quantitative estimate of drug-likeness (QED) is 0.931. The fourth-order valence-corrected chi connectivity index (χ4v) is 3.95. The van der Waals surface area contributed by atoms with Crippen LogP contribution in [0.3, 0.4) is 0 Å². The average Bonchev–Trinajstić information content (AvgIpc) is 2.67. The summed E-state index contributed by atoms with van der Waals surface area (Å²) in [6.07, 6.45) is 0. The van der Waals surface area contributed by atoms with E-state index in [0.29, 0.717) is 0 Å². The molecular formula is C20H24N2O3. The van der Waals surface area contributed by atoms with Gasteiger partial charge in [-0.3, -0.25) is 4.90 Å². The topological polar surface area (TPSA) is 43.0 Å². The van der Waals surface area contributed by atoms with Gasteiger partial charge in [0, 0.05) is 37.3 Å². The third-order valence-corrected chi connectivity index (χ3v) is 5.23. The van der Waals surface area contributed by atoms with Crippen molar-refractivity contribution in [3.8, 4) is 28.4 Å². The van der Waals surface area contributed by atoms with E-state index in [2.05, 4.69) is 23.2 Å². The van der Waals surface area contributed by atoms with E-state index in [9.17, 15) is 0 Å². The van der Waals surface area contributed by atoms with Crippen molar-refractivity contribution in [2.75, 3.05) is 40.4 Å². The largest absolute Gasteiger partial charge is 0.496 e. The van der Waals surface area contributed by atoms with Gasteiger partial charge in [-0.05, 0) is 25.1 Å². The lowest BCUT2D eigenvalue weighted by Crippen LogP contribution is -2.56. The minimum atomic E-state index is -0.536. The normalized spacial score (nSPS) is 22.5. The highest BCUT2D eigenvalue weighted by Gasteiger charge is 2.44. The molecule has 2 aliphatic rings. The zero-order valence-electron chi connectivity index (χ0n) is 15.0. The number of piperazine rings is 1. The molecule has 2 heterocycles. The predicted octanol–water partition coefficient (Wildman–Crippen LogP) is 2.84. The van der Waals surface area contributed by atoms with Gasteiger partial charge in [-0.15, -0.1) is 0 Å². The molecule has 2 aromatic carbocycles. The minimum Gasteiger partial charge on any atom is -0.496 e. The van der Waals surface area contributed by atoms with Gasteiger partial charge in [0.2, 0.25) is 0 Å². The summed E-state index contributed by atoms with van der Waals surface area (Å²) in [5, 5.41) is 3.41. The predicted molar refractivity (Wildman–Crippen MR) is 97.4 cm³/mol. The summed E-state index contributed by atoms with van der Waals surface area (Å²) in [4.78, 5) is 2.39. The minimum absolute atomic E-state index is 0.536. The maximum Gasteiger partial charge on any atom is 0.187 e. The summed E-state index contributed by atoms with van der Waals surface area (Å²) in [5.74, 6) is 2.47. The number of ether oxygens (including phenoxy) is 3. The second-order valence-corrected chi connectivity index (χ2v) is 6.54. The van der Waals surface area contributed by atoms with Crippen LogP contribution in [0.1, 0.15) is 12.5 Å². The molecule has 25 heavy (non-hydrogen) atoms. The number of benzene rings is 2. The molecule has 0 bridgehead atoms. The average molecular weight is 340 g/mol. The molecule has 2 aliphatic heterocycles. The summed E-state index contributed by atoms with van der Waals surface area (Å²) in [5.41, 5.74) is 2.60. The summed E-state index contributed by atoms with van der Waals surface area (Å²) < 4.78 is 17.9. The second-order valence-electron chi connectivity index (χ2n) is 6.54. The van der Waals surface area contributed by atoms with Crippen LogP contribution in [0.25, 0.3) is 11.1 Å². The Morgan fingerprint density at radius 2 is 1.60 bits per heavy atom. The van der Waals surface area contributed by atoms with Crippen molar-refractivity contribution in [3.05, 3.63) is 42.0 Å². The van der Waals surface area contributed by atoms with E-state index in [0.717, 1.165) is 60.1 Å². The Bertz CT molecular complexity index is 787. The number of nitrogens with one attached hydrogen (secondary N) is 1. The smallest absolute Gasteiger partial charge is 0.187 e. The van der Waals surface area contributed by atoms with Crippen LogP contribution in [0.4, 0.5) is 0 Å². The molecular weight excluding hydrogens is 316 g/mol. The highest BCUT2D eigenvalue weighted by Crippen LogP contribution is 2.53. The van der Waals surface area contributed by atoms with E-state index in [1.807, 2.05) is 30.3 Å². The van der Waals surface area contributed by atoms with Crippen LogP contribution in [0.2, 0.25) is 0 Å². The molecule has 0 aromatic heterocycles. The molecule has 2 aromatic rings. The van der Waals surface area contributed by atoms with E-state index in [4.69, 9.17) is 14.2 Å². The Labute approximate surface area is 148 Å². The molecule has 1 N–H and O–H groups in total. The fraction of sp³-hybridized carbons (Fsp3) is 0.400. The van der Waals surface area contributed by atoms with E-state index in [1.54, 1.807) is 14.2 Å². The molecule has 1 atom stereocenters. The van der Waals surface area contributed by atoms with Crippen molar-refractivity contribution in [3.63, 3.8) is 0 Å². The number of hydrogen-bond acceptors (Lipinski definition) is 5. The summed E-state index contributed by atoms with van der Waals surface area (Å²) >= 11 is 0. The van der Waals surface area contributed by atoms with Crippen LogP contribution in [0.15, 0.2) is 36.4 Å². The van der Waals surface area contributed by atoms with Crippen molar-refractivity contribution >= 4 is 0 Å². The molecule has 5 nitrogen and oxygen atoms in total. The van der Waals surface area contributed by atoms with E-state index in [-0.39, 0.29) is 0 Å². The van der Waals surface area contributed by atoms with Crippen LogP contribution in [0, 0.1) is 0 Å². The lowest BCUT2D eigenvalue weighted by atomic mass is 9.87. The molecule has 0 radical (unpaired) electrons. The van der Waals surface area contributed by atoms with E-state index < -0.39 is 5.72 Å². The number of nitrogens with zero attached hydrogens (tertiary/aromatic N) is 1. The summed E-state index contributed by atoms with van der Waals surface area (Å²) in [7, 11) is 3.40. The molecule has 1 unspecified atom stereocenters. The van der Waals surface area contributed by atoms with Gasteiger partial charge in [-0.1, -0.05) is 18.2 Å². The summed E-state index contributed by atoms with van der Waals surface area (Å²) in [6, 6.07) is 12.1. The van der Waals surface area contributed by atoms with Crippen molar-refractivity contribution in [2.24, 2.45) is 0 Å². The fourth-order valence-electron chi connectivity index (χ4n) is 3.95. The molecule has 0 aliphatic carbocycles. The van der Waals surface area contributed by atoms with Gasteiger partial charge in [0.25, 0.3) is 0 Å². The van der Waals surface area contributed by atoms with Gasteiger partial charge >= 0.3 is 0 Å². The molecule has 0 spiro atoms. The highest BCUT2D eigenvalue weighted by atomic mass is 16.5. The molecule has 1 fully saturated rings. The third-order valence-electron chi connectivity index (χ3n) is 5.23. The Morgan fingerprint density at radius 3 is 2.28 bits per heavy atom. The van der Waals surface area contributed by atoms with Crippen LogP contribution >= 0.6 is 0 Å². The number of rotatable bonds is 3. The number of methoxy groups -OCH3 is 2. The van der Waals surface area contributed by atoms with Gasteiger partial charge in [0.15, 0.2) is 5.72 Å². The zero-order valence-corrected chi connectivity index (χ0v) is 15.0. The van der Waals surface area contributed by atoms with E-state index >= 15 is 0 Å². The van der Waals surface area contributed by atoms with Crippen molar-refractivity contribution in [2.45, 2.75) is 12.6 Å². The van der Waals surface area contributed by atoms with Gasteiger partial charge in [-0.2, -0.15) is 0 Å². The van der Waals surface area contributed by atoms with Crippen LogP contribution in [-0.2, 0) is 5.72 Å². The van der Waals surface area contributed by atoms with Gasteiger partial charge in [0.05, 0.1) is 19.8 Å². The molecule has 1 saturated heterocycles. The Morgan fingerprint density at radius 1 is 0.960 bits per heavy atom. The lowest BCUT2D eigenvalue weighted by molar-refractivity contribution is -0.0847. The maximum absolute atomic E-state index is 6.59. The first-order valence-corrected chi connectivity index (χ1v) is 8.68. The third kappa shape index (κ3) is 2.46. The molecule has 132 valence electrons. The molecule has 5 heteroatoms. The highest BCUT2D eigenvalue weighted by molar-refractivity contribution is 5.85. The van der Waals surface area contributed by atoms with Crippen molar-refractivity contribution in [1.82, 2.24) is 10.2 Å². The zero-order chi connectivity index (χ0) is 17.4. The first-order chi connectivity index (χ1) is 12.2. The van der Waals surface area contributed by atoms with Crippen LogP contribution in [-0.4, -0.2) is 45.3 Å². The standard InChI is InChI=1S/C20H24N2O3/c1-20(22-12-10-21-11-13-22)14-6-4-7-15(23-2)18(14)19-16(24-3)8-5-9-17(19)25-20/h4-9,21H,10-13H2,1-3H3. The Balaban J connectivity index is 1.96. The first-order valence-electron chi connectivity index (χ1n) is 8.68. The molecule has 0 saturated carbocycles. The van der Waals surface area contributed by atoms with Crippen molar-refractivity contribution < 1.29 is 14.2 Å². The Hall–Kier alpha value is -2.24. The molecule has 0 amide bonds. The maximum atomic E-state index is 6.59. The SMILES string of the molecule is COc1cccc2c1-c1c(OC)cccc1C(C)(N1CCNCC1)O2. The van der Waals surface area contributed by atoms with Crippen molar-refractivity contribution in [1.29, 1.82) is 0 Å². The van der Waals surface area contributed by atoms with Crippen LogP contribution < -0.4 is 19.5 Å². The second kappa shape index (κ2) is 6.24.